The quantitative estimate of drug-likeness (QED) is 0.674. The van der Waals surface area contributed by atoms with Crippen molar-refractivity contribution < 1.29 is 19.4 Å². The van der Waals surface area contributed by atoms with Gasteiger partial charge in [0.15, 0.2) is 5.75 Å². The molecule has 6 heteroatoms. The van der Waals surface area contributed by atoms with Gasteiger partial charge >= 0.3 is 5.97 Å². The highest BCUT2D eigenvalue weighted by Gasteiger charge is 2.19. The van der Waals surface area contributed by atoms with E-state index >= 15 is 0 Å². The number of rotatable bonds is 1. The van der Waals surface area contributed by atoms with Crippen molar-refractivity contribution >= 4 is 16.9 Å². The Morgan fingerprint density at radius 3 is 2.69 bits per heavy atom. The van der Waals surface area contributed by atoms with Crippen molar-refractivity contribution in [3.8, 4) is 5.75 Å². The molecule has 0 saturated heterocycles. The Balaban J connectivity index is 3.07. The molecule has 0 fully saturated rings. The lowest BCUT2D eigenvalue weighted by Crippen LogP contribution is -2.12. The lowest BCUT2D eigenvalue weighted by molar-refractivity contribution is 0.0695. The zero-order chi connectivity index (χ0) is 11.9. The molecule has 0 atom stereocenters. The molecule has 0 aliphatic heterocycles. The number of fused-ring (bicyclic) bond motifs is 1. The fourth-order valence-corrected chi connectivity index (χ4v) is 1.49. The molecule has 0 aliphatic rings. The molecular formula is C10H6FNO4. The number of para-hydroxylation sites is 1. The molecule has 0 bridgehead atoms. The van der Waals surface area contributed by atoms with Gasteiger partial charge < -0.3 is 15.2 Å². The second-order valence-corrected chi connectivity index (χ2v) is 3.15. The van der Waals surface area contributed by atoms with Gasteiger partial charge in [-0.3, -0.25) is 4.79 Å². The normalized spacial score (nSPS) is 10.6. The molecule has 0 amide bonds. The summed E-state index contributed by atoms with van der Waals surface area (Å²) < 4.78 is 13.3. The zero-order valence-electron chi connectivity index (χ0n) is 7.82. The van der Waals surface area contributed by atoms with Gasteiger partial charge in [0.25, 0.3) is 5.56 Å². The van der Waals surface area contributed by atoms with Crippen LogP contribution in [0.3, 0.4) is 0 Å². The summed E-state index contributed by atoms with van der Waals surface area (Å²) in [4.78, 5) is 24.1. The number of aromatic nitrogens is 1. The summed E-state index contributed by atoms with van der Waals surface area (Å²) in [5.74, 6) is -3.16. The van der Waals surface area contributed by atoms with E-state index in [4.69, 9.17) is 5.11 Å². The van der Waals surface area contributed by atoms with E-state index in [0.717, 1.165) is 6.07 Å². The Labute approximate surface area is 87.8 Å². The zero-order valence-corrected chi connectivity index (χ0v) is 7.82. The second-order valence-electron chi connectivity index (χ2n) is 3.15. The van der Waals surface area contributed by atoms with Crippen molar-refractivity contribution in [2.45, 2.75) is 0 Å². The molecule has 2 aromatic rings. The van der Waals surface area contributed by atoms with E-state index in [1.54, 1.807) is 0 Å². The number of aromatic amines is 1. The molecule has 0 aliphatic carbocycles. The van der Waals surface area contributed by atoms with Crippen LogP contribution in [0.2, 0.25) is 0 Å². The van der Waals surface area contributed by atoms with Crippen LogP contribution in [0.5, 0.6) is 5.75 Å². The highest BCUT2D eigenvalue weighted by Crippen LogP contribution is 2.23. The SMILES string of the molecule is O=C(O)c1c(O)c(=O)[nH]c2c(F)cccc12. The molecule has 16 heavy (non-hydrogen) atoms. The van der Waals surface area contributed by atoms with Crippen molar-refractivity contribution in [3.05, 3.63) is 39.9 Å². The van der Waals surface area contributed by atoms with Gasteiger partial charge in [0, 0.05) is 5.39 Å². The summed E-state index contributed by atoms with van der Waals surface area (Å²) in [5, 5.41) is 18.1. The van der Waals surface area contributed by atoms with Crippen LogP contribution in [-0.2, 0) is 0 Å². The molecule has 1 aromatic heterocycles. The first-order valence-electron chi connectivity index (χ1n) is 4.29. The molecule has 3 N–H and O–H groups in total. The maximum Gasteiger partial charge on any atom is 0.340 e. The average molecular weight is 223 g/mol. The van der Waals surface area contributed by atoms with Crippen molar-refractivity contribution in [1.29, 1.82) is 0 Å². The van der Waals surface area contributed by atoms with Gasteiger partial charge in [0.1, 0.15) is 11.4 Å². The lowest BCUT2D eigenvalue weighted by atomic mass is 10.1. The average Bonchev–Trinajstić information content (AvgIpc) is 2.21. The summed E-state index contributed by atoms with van der Waals surface area (Å²) >= 11 is 0. The Morgan fingerprint density at radius 2 is 2.06 bits per heavy atom. The van der Waals surface area contributed by atoms with E-state index in [-0.39, 0.29) is 10.9 Å². The Morgan fingerprint density at radius 1 is 1.38 bits per heavy atom. The first-order valence-corrected chi connectivity index (χ1v) is 4.29. The van der Waals surface area contributed by atoms with Gasteiger partial charge in [-0.05, 0) is 6.07 Å². The van der Waals surface area contributed by atoms with E-state index in [1.165, 1.54) is 12.1 Å². The van der Waals surface area contributed by atoms with Crippen LogP contribution in [0.4, 0.5) is 4.39 Å². The van der Waals surface area contributed by atoms with Crippen LogP contribution in [0, 0.1) is 5.82 Å². The third-order valence-electron chi connectivity index (χ3n) is 2.19. The van der Waals surface area contributed by atoms with Gasteiger partial charge in [-0.2, -0.15) is 0 Å². The predicted octanol–water partition coefficient (Wildman–Crippen LogP) is 1.07. The third-order valence-corrected chi connectivity index (χ3v) is 2.19. The largest absolute Gasteiger partial charge is 0.502 e. The van der Waals surface area contributed by atoms with Crippen LogP contribution in [0.15, 0.2) is 23.0 Å². The van der Waals surface area contributed by atoms with E-state index in [9.17, 15) is 19.1 Å². The van der Waals surface area contributed by atoms with E-state index in [2.05, 4.69) is 4.98 Å². The molecule has 0 spiro atoms. The Kier molecular flexibility index (Phi) is 2.12. The summed E-state index contributed by atoms with van der Waals surface area (Å²) in [6.07, 6.45) is 0. The van der Waals surface area contributed by atoms with Crippen LogP contribution in [0.1, 0.15) is 10.4 Å². The number of carboxylic acids is 1. The van der Waals surface area contributed by atoms with Crippen molar-refractivity contribution in [2.75, 3.05) is 0 Å². The monoisotopic (exact) mass is 223 g/mol. The number of carbonyl (C=O) groups is 1. The van der Waals surface area contributed by atoms with Crippen molar-refractivity contribution in [3.63, 3.8) is 0 Å². The number of H-pyrrole nitrogens is 1. The number of aromatic hydroxyl groups is 1. The number of aromatic carboxylic acids is 1. The minimum Gasteiger partial charge on any atom is -0.502 e. The highest BCUT2D eigenvalue weighted by atomic mass is 19.1. The van der Waals surface area contributed by atoms with Crippen LogP contribution >= 0.6 is 0 Å². The molecular weight excluding hydrogens is 217 g/mol. The number of nitrogens with one attached hydrogen (secondary N) is 1. The summed E-state index contributed by atoms with van der Waals surface area (Å²) in [6, 6.07) is 3.68. The number of halogens is 1. The molecule has 2 rings (SSSR count). The first-order chi connectivity index (χ1) is 7.52. The third kappa shape index (κ3) is 1.31. The summed E-state index contributed by atoms with van der Waals surface area (Å²) in [7, 11) is 0. The summed E-state index contributed by atoms with van der Waals surface area (Å²) in [6.45, 7) is 0. The van der Waals surface area contributed by atoms with E-state index in [1.807, 2.05) is 0 Å². The first kappa shape index (κ1) is 10.2. The van der Waals surface area contributed by atoms with E-state index < -0.39 is 28.7 Å². The molecule has 0 radical (unpaired) electrons. The fraction of sp³-hybridized carbons (Fsp3) is 0. The topological polar surface area (TPSA) is 90.4 Å². The Bertz CT molecular complexity index is 647. The molecule has 1 aromatic carbocycles. The Hall–Kier alpha value is -2.37. The molecule has 1 heterocycles. The minimum atomic E-state index is -1.49. The van der Waals surface area contributed by atoms with Gasteiger partial charge in [0.05, 0.1) is 5.52 Å². The maximum absolute atomic E-state index is 13.3. The van der Waals surface area contributed by atoms with Gasteiger partial charge in [0.2, 0.25) is 0 Å². The van der Waals surface area contributed by atoms with Gasteiger partial charge in [-0.25, -0.2) is 9.18 Å². The number of hydrogen-bond acceptors (Lipinski definition) is 3. The van der Waals surface area contributed by atoms with Crippen LogP contribution < -0.4 is 5.56 Å². The number of pyridine rings is 1. The number of benzene rings is 1. The number of hydrogen-bond donors (Lipinski definition) is 3. The smallest absolute Gasteiger partial charge is 0.340 e. The number of carboxylic acid groups (broad SMARTS) is 1. The van der Waals surface area contributed by atoms with Crippen molar-refractivity contribution in [1.82, 2.24) is 4.98 Å². The van der Waals surface area contributed by atoms with Crippen molar-refractivity contribution in [2.24, 2.45) is 0 Å². The standard InChI is InChI=1S/C10H6FNO4/c11-5-3-1-2-4-6(10(15)16)8(13)9(14)12-7(4)5/h1-3,13H,(H,12,14)(H,15,16). The molecule has 5 nitrogen and oxygen atoms in total. The molecule has 82 valence electrons. The molecule has 0 unspecified atom stereocenters. The van der Waals surface area contributed by atoms with E-state index in [0.29, 0.717) is 0 Å². The molecule has 0 saturated carbocycles. The lowest BCUT2D eigenvalue weighted by Gasteiger charge is -2.04. The predicted molar refractivity (Wildman–Crippen MR) is 53.2 cm³/mol. The fourth-order valence-electron chi connectivity index (χ4n) is 1.49. The van der Waals surface area contributed by atoms with Crippen LogP contribution in [0.25, 0.3) is 10.9 Å². The van der Waals surface area contributed by atoms with Gasteiger partial charge in [-0.1, -0.05) is 12.1 Å². The highest BCUT2D eigenvalue weighted by molar-refractivity contribution is 6.04. The minimum absolute atomic E-state index is 0.0513. The van der Waals surface area contributed by atoms with Crippen LogP contribution in [-0.4, -0.2) is 21.2 Å². The summed E-state index contributed by atoms with van der Waals surface area (Å²) in [5.41, 5.74) is -1.86. The maximum atomic E-state index is 13.3. The van der Waals surface area contributed by atoms with Gasteiger partial charge in [-0.15, -0.1) is 0 Å². The second kappa shape index (κ2) is 3.34.